The predicted molar refractivity (Wildman–Crippen MR) is 93.5 cm³/mol. The van der Waals surface area contributed by atoms with Gasteiger partial charge in [0.05, 0.1) is 5.25 Å². The summed E-state index contributed by atoms with van der Waals surface area (Å²) in [6, 6.07) is 7.93. The van der Waals surface area contributed by atoms with Crippen molar-refractivity contribution < 1.29 is 8.42 Å². The highest BCUT2D eigenvalue weighted by Gasteiger charge is 2.21. The topological polar surface area (TPSA) is 49.4 Å². The number of rotatable bonds is 9. The molecule has 1 aromatic rings. The van der Waals surface area contributed by atoms with Gasteiger partial charge >= 0.3 is 0 Å². The first-order chi connectivity index (χ1) is 10.2. The first kappa shape index (κ1) is 19.1. The molecule has 0 aliphatic rings. The summed E-state index contributed by atoms with van der Waals surface area (Å²) in [6.45, 7) is 7.46. The fourth-order valence-electron chi connectivity index (χ4n) is 2.31. The standard InChI is InChI=1S/C17H30N2O2S/c1-14(2)13-16-7-9-17(10-8-16)15(3)22(20,21)18-11-6-12-19(4)5/h7-10,14-15,18H,6,11-13H2,1-5H3. The van der Waals surface area contributed by atoms with Crippen LogP contribution in [0.2, 0.25) is 0 Å². The van der Waals surface area contributed by atoms with E-state index in [1.807, 2.05) is 43.3 Å². The van der Waals surface area contributed by atoms with Crippen LogP contribution >= 0.6 is 0 Å². The minimum absolute atomic E-state index is 0.482. The summed E-state index contributed by atoms with van der Waals surface area (Å²) in [5.74, 6) is 0.602. The zero-order valence-corrected chi connectivity index (χ0v) is 15.3. The van der Waals surface area contributed by atoms with Crippen LogP contribution in [0, 0.1) is 5.92 Å². The van der Waals surface area contributed by atoms with Gasteiger partial charge in [-0.1, -0.05) is 38.1 Å². The highest BCUT2D eigenvalue weighted by atomic mass is 32.2. The number of hydrogen-bond donors (Lipinski definition) is 1. The van der Waals surface area contributed by atoms with E-state index in [1.165, 1.54) is 5.56 Å². The van der Waals surface area contributed by atoms with Gasteiger partial charge in [0.1, 0.15) is 0 Å². The summed E-state index contributed by atoms with van der Waals surface area (Å²) in [6.07, 6.45) is 1.83. The van der Waals surface area contributed by atoms with Gasteiger partial charge in [0.2, 0.25) is 10.0 Å². The third-order valence-corrected chi connectivity index (χ3v) is 5.45. The Morgan fingerprint density at radius 3 is 2.18 bits per heavy atom. The second-order valence-corrected chi connectivity index (χ2v) is 8.66. The van der Waals surface area contributed by atoms with Crippen LogP contribution in [0.25, 0.3) is 0 Å². The van der Waals surface area contributed by atoms with Crippen LogP contribution in [0.1, 0.15) is 43.6 Å². The summed E-state index contributed by atoms with van der Waals surface area (Å²) in [5, 5.41) is -0.528. The molecule has 0 heterocycles. The molecule has 0 amide bonds. The second kappa shape index (κ2) is 8.65. The van der Waals surface area contributed by atoms with Crippen molar-refractivity contribution in [2.75, 3.05) is 27.2 Å². The van der Waals surface area contributed by atoms with Crippen molar-refractivity contribution in [3.63, 3.8) is 0 Å². The normalized spacial score (nSPS) is 13.8. The monoisotopic (exact) mass is 326 g/mol. The van der Waals surface area contributed by atoms with E-state index in [9.17, 15) is 8.42 Å². The van der Waals surface area contributed by atoms with Crippen LogP contribution in [-0.2, 0) is 16.4 Å². The lowest BCUT2D eigenvalue weighted by Gasteiger charge is -2.16. The second-order valence-electron chi connectivity index (χ2n) is 6.58. The van der Waals surface area contributed by atoms with Crippen molar-refractivity contribution in [3.8, 4) is 0 Å². The van der Waals surface area contributed by atoms with E-state index in [2.05, 4.69) is 18.6 Å². The maximum absolute atomic E-state index is 12.3. The molecule has 0 spiro atoms. The van der Waals surface area contributed by atoms with Crippen LogP contribution in [0.4, 0.5) is 0 Å². The smallest absolute Gasteiger partial charge is 0.218 e. The molecule has 1 atom stereocenters. The van der Waals surface area contributed by atoms with Crippen LogP contribution in [0.3, 0.4) is 0 Å². The predicted octanol–water partition coefficient (Wildman–Crippen LogP) is 2.82. The lowest BCUT2D eigenvalue weighted by Crippen LogP contribution is -2.30. The highest BCUT2D eigenvalue weighted by Crippen LogP contribution is 2.22. The third kappa shape index (κ3) is 6.46. The zero-order valence-electron chi connectivity index (χ0n) is 14.5. The van der Waals surface area contributed by atoms with Crippen molar-refractivity contribution in [1.29, 1.82) is 0 Å². The van der Waals surface area contributed by atoms with Crippen molar-refractivity contribution in [2.24, 2.45) is 5.92 Å². The Hall–Kier alpha value is -0.910. The van der Waals surface area contributed by atoms with E-state index < -0.39 is 15.3 Å². The molecule has 1 rings (SSSR count). The Morgan fingerprint density at radius 1 is 1.09 bits per heavy atom. The minimum Gasteiger partial charge on any atom is -0.309 e. The van der Waals surface area contributed by atoms with Gasteiger partial charge < -0.3 is 4.90 Å². The molecule has 0 aliphatic heterocycles. The maximum Gasteiger partial charge on any atom is 0.218 e. The molecule has 1 N–H and O–H groups in total. The first-order valence-electron chi connectivity index (χ1n) is 7.94. The molecule has 0 aliphatic carbocycles. The van der Waals surface area contributed by atoms with Crippen molar-refractivity contribution >= 4 is 10.0 Å². The molecule has 0 saturated carbocycles. The number of nitrogens with one attached hydrogen (secondary N) is 1. The fraction of sp³-hybridized carbons (Fsp3) is 0.647. The van der Waals surface area contributed by atoms with Crippen LogP contribution in [0.15, 0.2) is 24.3 Å². The number of sulfonamides is 1. The Labute approximate surface area is 136 Å². The fourth-order valence-corrected chi connectivity index (χ4v) is 3.50. The molecular weight excluding hydrogens is 296 g/mol. The van der Waals surface area contributed by atoms with Crippen LogP contribution < -0.4 is 4.72 Å². The van der Waals surface area contributed by atoms with Crippen LogP contribution in [-0.4, -0.2) is 40.5 Å². The molecule has 22 heavy (non-hydrogen) atoms. The average Bonchev–Trinajstić information content (AvgIpc) is 2.43. The molecule has 0 radical (unpaired) electrons. The minimum atomic E-state index is -3.32. The Kier molecular flexibility index (Phi) is 7.53. The van der Waals surface area contributed by atoms with E-state index in [0.717, 1.165) is 24.9 Å². The molecular formula is C17H30N2O2S. The highest BCUT2D eigenvalue weighted by molar-refractivity contribution is 7.89. The number of benzene rings is 1. The van der Waals surface area contributed by atoms with Gasteiger partial charge in [-0.05, 0) is 57.5 Å². The Balaban J connectivity index is 2.63. The van der Waals surface area contributed by atoms with E-state index in [4.69, 9.17) is 0 Å². The van der Waals surface area contributed by atoms with Crippen molar-refractivity contribution in [3.05, 3.63) is 35.4 Å². The zero-order chi connectivity index (χ0) is 16.8. The van der Waals surface area contributed by atoms with Gasteiger partial charge in [-0.15, -0.1) is 0 Å². The lowest BCUT2D eigenvalue weighted by molar-refractivity contribution is 0.400. The molecule has 0 fully saturated rings. The van der Waals surface area contributed by atoms with Crippen LogP contribution in [0.5, 0.6) is 0 Å². The average molecular weight is 327 g/mol. The maximum atomic E-state index is 12.3. The summed E-state index contributed by atoms with van der Waals surface area (Å²) in [7, 11) is 0.648. The summed E-state index contributed by atoms with van der Waals surface area (Å²) in [4.78, 5) is 2.05. The SMILES string of the molecule is CC(C)Cc1ccc(C(C)S(=O)(=O)NCCCN(C)C)cc1. The summed E-state index contributed by atoms with van der Waals surface area (Å²) >= 11 is 0. The van der Waals surface area contributed by atoms with Gasteiger partial charge in [-0.25, -0.2) is 13.1 Å². The molecule has 4 nitrogen and oxygen atoms in total. The molecule has 0 saturated heterocycles. The molecule has 0 bridgehead atoms. The Morgan fingerprint density at radius 2 is 1.68 bits per heavy atom. The number of nitrogens with zero attached hydrogens (tertiary/aromatic N) is 1. The van der Waals surface area contributed by atoms with Crippen molar-refractivity contribution in [2.45, 2.75) is 38.9 Å². The Bertz CT molecular complexity index is 536. The largest absolute Gasteiger partial charge is 0.309 e. The number of hydrogen-bond acceptors (Lipinski definition) is 3. The summed E-state index contributed by atoms with van der Waals surface area (Å²) < 4.78 is 27.3. The van der Waals surface area contributed by atoms with Gasteiger partial charge in [0.15, 0.2) is 0 Å². The third-order valence-electron chi connectivity index (χ3n) is 3.64. The van der Waals surface area contributed by atoms with Gasteiger partial charge in [0.25, 0.3) is 0 Å². The van der Waals surface area contributed by atoms with E-state index >= 15 is 0 Å². The lowest BCUT2D eigenvalue weighted by atomic mass is 10.0. The first-order valence-corrected chi connectivity index (χ1v) is 9.49. The summed E-state index contributed by atoms with van der Waals surface area (Å²) in [5.41, 5.74) is 2.09. The van der Waals surface area contributed by atoms with E-state index in [-0.39, 0.29) is 0 Å². The molecule has 0 aromatic heterocycles. The molecule has 5 heteroatoms. The molecule has 126 valence electrons. The quantitative estimate of drug-likeness (QED) is 0.710. The van der Waals surface area contributed by atoms with E-state index in [1.54, 1.807) is 6.92 Å². The van der Waals surface area contributed by atoms with Crippen molar-refractivity contribution in [1.82, 2.24) is 9.62 Å². The molecule has 1 unspecified atom stereocenters. The van der Waals surface area contributed by atoms with Gasteiger partial charge in [0, 0.05) is 6.54 Å². The van der Waals surface area contributed by atoms with E-state index in [0.29, 0.717) is 12.5 Å². The van der Waals surface area contributed by atoms with Gasteiger partial charge in [-0.3, -0.25) is 0 Å². The van der Waals surface area contributed by atoms with Gasteiger partial charge in [-0.2, -0.15) is 0 Å². The molecule has 1 aromatic carbocycles.